The zero-order chi connectivity index (χ0) is 16.6. The van der Waals surface area contributed by atoms with E-state index in [1.165, 1.54) is 0 Å². The van der Waals surface area contributed by atoms with E-state index in [0.29, 0.717) is 30.7 Å². The van der Waals surface area contributed by atoms with Gasteiger partial charge in [0.25, 0.3) is 5.89 Å². The molecule has 5 rings (SSSR count). The number of nitrogens with zero attached hydrogens (tertiary/aromatic N) is 3. The van der Waals surface area contributed by atoms with Gasteiger partial charge in [-0.15, -0.1) is 5.10 Å². The topological polar surface area (TPSA) is 98.1 Å². The van der Waals surface area contributed by atoms with Gasteiger partial charge in [-0.2, -0.15) is 0 Å². The molecule has 2 aromatic heterocycles. The van der Waals surface area contributed by atoms with E-state index in [1.807, 2.05) is 42.5 Å². The maximum Gasteiger partial charge on any atom is 0.320 e. The smallest absolute Gasteiger partial charge is 0.320 e. The van der Waals surface area contributed by atoms with Gasteiger partial charge in [0.1, 0.15) is 13.2 Å². The van der Waals surface area contributed by atoms with E-state index < -0.39 is 0 Å². The number of benzene rings is 2. The Kier molecular flexibility index (Phi) is 3.06. The van der Waals surface area contributed by atoms with Crippen molar-refractivity contribution in [2.75, 3.05) is 18.5 Å². The summed E-state index contributed by atoms with van der Waals surface area (Å²) in [5.74, 6) is 2.26. The molecular weight excluding hydrogens is 322 g/mol. The molecule has 0 aliphatic carbocycles. The van der Waals surface area contributed by atoms with Crippen LogP contribution in [-0.2, 0) is 0 Å². The minimum atomic E-state index is 0.270. The van der Waals surface area contributed by atoms with Gasteiger partial charge in [0.05, 0.1) is 11.0 Å². The highest BCUT2D eigenvalue weighted by atomic mass is 16.6. The van der Waals surface area contributed by atoms with Crippen molar-refractivity contribution < 1.29 is 13.9 Å². The van der Waals surface area contributed by atoms with Crippen molar-refractivity contribution >= 4 is 22.7 Å². The summed E-state index contributed by atoms with van der Waals surface area (Å²) in [6.45, 7) is 1.09. The van der Waals surface area contributed by atoms with Crippen LogP contribution in [-0.4, -0.2) is 33.4 Å². The predicted molar refractivity (Wildman–Crippen MR) is 90.1 cm³/mol. The summed E-state index contributed by atoms with van der Waals surface area (Å²) in [4.78, 5) is 7.60. The summed E-state index contributed by atoms with van der Waals surface area (Å²) in [7, 11) is 0. The average molecular weight is 335 g/mol. The molecule has 8 heteroatoms. The van der Waals surface area contributed by atoms with Crippen molar-refractivity contribution in [1.29, 1.82) is 0 Å². The zero-order valence-corrected chi connectivity index (χ0v) is 13.0. The quantitative estimate of drug-likeness (QED) is 0.593. The van der Waals surface area contributed by atoms with E-state index in [2.05, 4.69) is 25.5 Å². The van der Waals surface area contributed by atoms with Crippen LogP contribution in [0.5, 0.6) is 11.5 Å². The minimum Gasteiger partial charge on any atom is -0.486 e. The van der Waals surface area contributed by atoms with Crippen LogP contribution < -0.4 is 14.8 Å². The van der Waals surface area contributed by atoms with Crippen molar-refractivity contribution in [2.45, 2.75) is 0 Å². The highest BCUT2D eigenvalue weighted by molar-refractivity contribution is 5.77. The molecule has 1 aliphatic heterocycles. The molecule has 2 N–H and O–H groups in total. The van der Waals surface area contributed by atoms with E-state index >= 15 is 0 Å². The number of hydrogen-bond donors (Lipinski definition) is 2. The fourth-order valence-corrected chi connectivity index (χ4v) is 2.67. The summed E-state index contributed by atoms with van der Waals surface area (Å²) in [5.41, 5.74) is 2.53. The molecule has 0 saturated carbocycles. The Hall–Kier alpha value is -3.55. The number of aromatic nitrogens is 4. The minimum absolute atomic E-state index is 0.270. The lowest BCUT2D eigenvalue weighted by Crippen LogP contribution is -2.15. The Morgan fingerprint density at radius 3 is 2.76 bits per heavy atom. The monoisotopic (exact) mass is 335 g/mol. The van der Waals surface area contributed by atoms with Gasteiger partial charge in [-0.25, -0.2) is 4.98 Å². The molecule has 124 valence electrons. The first-order chi connectivity index (χ1) is 12.3. The highest BCUT2D eigenvalue weighted by Gasteiger charge is 2.15. The molecule has 25 heavy (non-hydrogen) atoms. The predicted octanol–water partition coefficient (Wildman–Crippen LogP) is 3.13. The molecule has 0 radical (unpaired) electrons. The number of H-pyrrole nitrogens is 1. The van der Waals surface area contributed by atoms with Crippen LogP contribution in [0.2, 0.25) is 0 Å². The van der Waals surface area contributed by atoms with Crippen molar-refractivity contribution in [3.05, 3.63) is 42.5 Å². The third-order valence-electron chi connectivity index (χ3n) is 3.81. The number of hydrogen-bond acceptors (Lipinski definition) is 7. The normalized spacial score (nSPS) is 13.1. The Labute approximate surface area is 141 Å². The number of nitrogens with one attached hydrogen (secondary N) is 2. The number of imidazole rings is 1. The lowest BCUT2D eigenvalue weighted by atomic mass is 10.2. The van der Waals surface area contributed by atoms with Crippen molar-refractivity contribution in [3.63, 3.8) is 0 Å². The molecule has 0 unspecified atom stereocenters. The molecule has 4 aromatic rings. The Morgan fingerprint density at radius 2 is 1.84 bits per heavy atom. The number of para-hydroxylation sites is 2. The first kappa shape index (κ1) is 13.8. The molecule has 1 aliphatic rings. The third-order valence-corrected chi connectivity index (χ3v) is 3.81. The zero-order valence-electron chi connectivity index (χ0n) is 13.0. The maximum absolute atomic E-state index is 5.65. The van der Waals surface area contributed by atoms with Crippen molar-refractivity contribution in [2.24, 2.45) is 0 Å². The first-order valence-corrected chi connectivity index (χ1v) is 7.80. The number of aromatic amines is 1. The van der Waals surface area contributed by atoms with Gasteiger partial charge in [-0.3, -0.25) is 0 Å². The molecule has 3 heterocycles. The van der Waals surface area contributed by atoms with Crippen LogP contribution in [0, 0.1) is 0 Å². The van der Waals surface area contributed by atoms with Crippen LogP contribution in [0.15, 0.2) is 46.9 Å². The molecule has 2 aromatic carbocycles. The fourth-order valence-electron chi connectivity index (χ4n) is 2.67. The molecule has 0 bridgehead atoms. The van der Waals surface area contributed by atoms with Crippen LogP contribution in [0.1, 0.15) is 0 Å². The van der Waals surface area contributed by atoms with Crippen LogP contribution in [0.25, 0.3) is 22.7 Å². The molecule has 8 nitrogen and oxygen atoms in total. The highest BCUT2D eigenvalue weighted by Crippen LogP contribution is 2.33. The van der Waals surface area contributed by atoms with E-state index in [9.17, 15) is 0 Å². The van der Waals surface area contributed by atoms with Crippen LogP contribution >= 0.6 is 0 Å². The van der Waals surface area contributed by atoms with Gasteiger partial charge in [-0.1, -0.05) is 17.2 Å². The lowest BCUT2D eigenvalue weighted by Gasteiger charge is -2.18. The van der Waals surface area contributed by atoms with Gasteiger partial charge >= 0.3 is 6.01 Å². The second-order valence-electron chi connectivity index (χ2n) is 5.50. The third kappa shape index (κ3) is 2.53. The molecule has 0 amide bonds. The van der Waals surface area contributed by atoms with Gasteiger partial charge in [0, 0.05) is 11.8 Å². The molecule has 0 saturated heterocycles. The lowest BCUT2D eigenvalue weighted by molar-refractivity contribution is 0.171. The van der Waals surface area contributed by atoms with Crippen molar-refractivity contribution in [1.82, 2.24) is 20.2 Å². The number of ether oxygens (including phenoxy) is 2. The Balaban J connectivity index is 1.41. The van der Waals surface area contributed by atoms with E-state index in [0.717, 1.165) is 22.5 Å². The van der Waals surface area contributed by atoms with E-state index in [4.69, 9.17) is 13.9 Å². The summed E-state index contributed by atoms with van der Waals surface area (Å²) in [6, 6.07) is 13.5. The van der Waals surface area contributed by atoms with E-state index in [-0.39, 0.29) is 6.01 Å². The fraction of sp³-hybridized carbons (Fsp3) is 0.118. The maximum atomic E-state index is 5.65. The SMILES string of the molecule is c1ccc2[nH]c(-c3nnc(Nc4ccc5c(c4)OCCO5)o3)nc2c1. The molecule has 0 atom stereocenters. The van der Waals surface area contributed by atoms with E-state index in [1.54, 1.807) is 0 Å². The van der Waals surface area contributed by atoms with Crippen LogP contribution in [0.4, 0.5) is 11.7 Å². The first-order valence-electron chi connectivity index (χ1n) is 7.80. The standard InChI is InChI=1S/C17H13N5O3/c1-2-4-12-11(3-1)19-15(20-12)16-21-22-17(25-16)18-10-5-6-13-14(9-10)24-8-7-23-13/h1-6,9H,7-8H2,(H,18,22)(H,19,20). The molecule has 0 spiro atoms. The molecule has 0 fully saturated rings. The average Bonchev–Trinajstić information content (AvgIpc) is 3.28. The van der Waals surface area contributed by atoms with Gasteiger partial charge in [0.2, 0.25) is 0 Å². The summed E-state index contributed by atoms with van der Waals surface area (Å²) in [5, 5.41) is 11.1. The Bertz CT molecular complexity index is 1020. The van der Waals surface area contributed by atoms with Crippen molar-refractivity contribution in [3.8, 4) is 23.2 Å². The second-order valence-corrected chi connectivity index (χ2v) is 5.50. The summed E-state index contributed by atoms with van der Waals surface area (Å²) >= 11 is 0. The second kappa shape index (κ2) is 5.52. The summed E-state index contributed by atoms with van der Waals surface area (Å²) < 4.78 is 16.7. The number of rotatable bonds is 3. The summed E-state index contributed by atoms with van der Waals surface area (Å²) in [6.07, 6.45) is 0. The van der Waals surface area contributed by atoms with Gasteiger partial charge in [0.15, 0.2) is 17.3 Å². The van der Waals surface area contributed by atoms with Gasteiger partial charge in [-0.05, 0) is 24.3 Å². The van der Waals surface area contributed by atoms with Gasteiger partial charge < -0.3 is 24.2 Å². The number of fused-ring (bicyclic) bond motifs is 2. The molecular formula is C17H13N5O3. The Morgan fingerprint density at radius 1 is 0.960 bits per heavy atom. The van der Waals surface area contributed by atoms with Crippen LogP contribution in [0.3, 0.4) is 0 Å². The number of anilines is 2. The largest absolute Gasteiger partial charge is 0.486 e.